The van der Waals surface area contributed by atoms with Gasteiger partial charge in [-0.15, -0.1) is 0 Å². The summed E-state index contributed by atoms with van der Waals surface area (Å²) >= 11 is 6.09. The zero-order valence-corrected chi connectivity index (χ0v) is 16.6. The number of imidazole rings is 1. The number of methoxy groups -OCH3 is 1. The maximum absolute atomic E-state index is 14.4. The lowest BCUT2D eigenvalue weighted by atomic mass is 9.87. The van der Waals surface area contributed by atoms with Crippen LogP contribution in [0.1, 0.15) is 38.5 Å². The molecule has 28 heavy (non-hydrogen) atoms. The Morgan fingerprint density at radius 3 is 2.68 bits per heavy atom. The Balaban J connectivity index is 1.81. The van der Waals surface area contributed by atoms with Gasteiger partial charge >= 0.3 is 0 Å². The highest BCUT2D eigenvalue weighted by Gasteiger charge is 2.22. The van der Waals surface area contributed by atoms with Crippen LogP contribution in [-0.4, -0.2) is 16.7 Å². The third kappa shape index (κ3) is 3.60. The third-order valence-electron chi connectivity index (χ3n) is 5.70. The summed E-state index contributed by atoms with van der Waals surface area (Å²) in [5.74, 6) is -0.00923. The summed E-state index contributed by atoms with van der Waals surface area (Å²) in [6.07, 6.45) is 7.31. The zero-order chi connectivity index (χ0) is 19.7. The molecule has 0 spiro atoms. The predicted molar refractivity (Wildman–Crippen MR) is 108 cm³/mol. The normalized spacial score (nSPS) is 15.3. The fraction of sp³-hybridized carbons (Fsp3) is 0.409. The number of aromatic nitrogens is 2. The van der Waals surface area contributed by atoms with Crippen molar-refractivity contribution in [2.75, 3.05) is 7.11 Å². The monoisotopic (exact) mass is 404 g/mol. The van der Waals surface area contributed by atoms with E-state index in [9.17, 15) is 8.78 Å². The predicted octanol–water partition coefficient (Wildman–Crippen LogP) is 6.61. The van der Waals surface area contributed by atoms with E-state index in [0.717, 1.165) is 6.42 Å². The number of benzene rings is 2. The summed E-state index contributed by atoms with van der Waals surface area (Å²) < 4.78 is 35.7. The first-order chi connectivity index (χ1) is 13.6. The van der Waals surface area contributed by atoms with Crippen LogP contribution in [0, 0.1) is 17.6 Å². The van der Waals surface area contributed by atoms with Gasteiger partial charge in [-0.1, -0.05) is 43.7 Å². The quantitative estimate of drug-likeness (QED) is 0.478. The number of aryl methyl sites for hydroxylation is 1. The van der Waals surface area contributed by atoms with Gasteiger partial charge in [-0.05, 0) is 42.7 Å². The van der Waals surface area contributed by atoms with Crippen LogP contribution < -0.4 is 4.74 Å². The van der Waals surface area contributed by atoms with Crippen LogP contribution in [0.15, 0.2) is 30.3 Å². The lowest BCUT2D eigenvalue weighted by Gasteiger charge is -2.22. The van der Waals surface area contributed by atoms with E-state index in [1.165, 1.54) is 38.2 Å². The molecule has 0 aliphatic heterocycles. The smallest absolute Gasteiger partial charge is 0.186 e. The average Bonchev–Trinajstić information content (AvgIpc) is 3.08. The minimum atomic E-state index is -0.914. The van der Waals surface area contributed by atoms with Gasteiger partial charge in [-0.3, -0.25) is 0 Å². The molecule has 0 atom stereocenters. The number of ether oxygens (including phenoxy) is 1. The fourth-order valence-electron chi connectivity index (χ4n) is 4.20. The van der Waals surface area contributed by atoms with Gasteiger partial charge in [0.2, 0.25) is 0 Å². The van der Waals surface area contributed by atoms with Gasteiger partial charge in [0.15, 0.2) is 11.6 Å². The topological polar surface area (TPSA) is 27.1 Å². The lowest BCUT2D eigenvalue weighted by molar-refractivity contribution is 0.326. The molecular weight excluding hydrogens is 382 g/mol. The highest BCUT2D eigenvalue weighted by molar-refractivity contribution is 6.30. The summed E-state index contributed by atoms with van der Waals surface area (Å²) in [6.45, 7) is 0.702. The molecule has 0 radical (unpaired) electrons. The molecule has 1 fully saturated rings. The van der Waals surface area contributed by atoms with E-state index in [1.807, 2.05) is 10.6 Å². The Morgan fingerprint density at radius 2 is 1.93 bits per heavy atom. The van der Waals surface area contributed by atoms with Gasteiger partial charge in [0.05, 0.1) is 18.2 Å². The van der Waals surface area contributed by atoms with Crippen molar-refractivity contribution in [3.8, 4) is 17.1 Å². The van der Waals surface area contributed by atoms with Crippen molar-refractivity contribution >= 4 is 22.6 Å². The molecule has 1 saturated carbocycles. The SMILES string of the molecule is COc1cc(Cl)ccc1-c1nc2c(F)c(F)ccc2n1CCC1CCCCC1. The number of hydrogen-bond donors (Lipinski definition) is 0. The fourth-order valence-corrected chi connectivity index (χ4v) is 4.37. The van der Waals surface area contributed by atoms with Gasteiger partial charge in [-0.25, -0.2) is 13.8 Å². The summed E-state index contributed by atoms with van der Waals surface area (Å²) in [5, 5.41) is 0.544. The molecule has 4 rings (SSSR count). The first kappa shape index (κ1) is 19.2. The van der Waals surface area contributed by atoms with Crippen molar-refractivity contribution in [3.63, 3.8) is 0 Å². The Bertz CT molecular complexity index is 996. The largest absolute Gasteiger partial charge is 0.496 e. The van der Waals surface area contributed by atoms with Crippen LogP contribution in [0.2, 0.25) is 5.02 Å². The van der Waals surface area contributed by atoms with E-state index < -0.39 is 11.6 Å². The molecule has 1 aliphatic rings. The van der Waals surface area contributed by atoms with Crippen molar-refractivity contribution in [3.05, 3.63) is 47.0 Å². The summed E-state index contributed by atoms with van der Waals surface area (Å²) in [5.41, 5.74) is 1.36. The van der Waals surface area contributed by atoms with E-state index in [0.29, 0.717) is 40.1 Å². The number of hydrogen-bond acceptors (Lipinski definition) is 2. The molecule has 0 amide bonds. The minimum Gasteiger partial charge on any atom is -0.496 e. The molecule has 6 heteroatoms. The molecule has 0 bridgehead atoms. The van der Waals surface area contributed by atoms with Gasteiger partial charge in [-0.2, -0.15) is 0 Å². The second-order valence-electron chi connectivity index (χ2n) is 7.45. The first-order valence-corrected chi connectivity index (χ1v) is 10.1. The van der Waals surface area contributed by atoms with E-state index in [-0.39, 0.29) is 5.52 Å². The minimum absolute atomic E-state index is 0.0515. The van der Waals surface area contributed by atoms with Crippen LogP contribution >= 0.6 is 11.6 Å². The summed E-state index contributed by atoms with van der Waals surface area (Å²) in [7, 11) is 1.56. The molecule has 0 saturated heterocycles. The first-order valence-electron chi connectivity index (χ1n) is 9.76. The van der Waals surface area contributed by atoms with Gasteiger partial charge in [0.1, 0.15) is 17.1 Å². The number of fused-ring (bicyclic) bond motifs is 1. The molecule has 1 heterocycles. The Kier molecular flexibility index (Phi) is 5.54. The Hall–Kier alpha value is -2.14. The summed E-state index contributed by atoms with van der Waals surface area (Å²) in [6, 6.07) is 8.04. The van der Waals surface area contributed by atoms with E-state index in [4.69, 9.17) is 16.3 Å². The Labute approximate surface area is 168 Å². The van der Waals surface area contributed by atoms with Gasteiger partial charge in [0, 0.05) is 11.6 Å². The maximum atomic E-state index is 14.4. The molecule has 3 nitrogen and oxygen atoms in total. The molecule has 0 N–H and O–H groups in total. The standard InChI is InChI=1S/C22H23ClF2N2O/c1-28-19-13-15(23)7-8-16(19)22-26-21-18(10-9-17(24)20(21)25)27(22)12-11-14-5-3-2-4-6-14/h7-10,13-14H,2-6,11-12H2,1H3. The number of rotatable bonds is 5. The molecule has 148 valence electrons. The zero-order valence-electron chi connectivity index (χ0n) is 15.9. The molecular formula is C22H23ClF2N2O. The molecule has 1 aromatic heterocycles. The van der Waals surface area contributed by atoms with Crippen molar-refractivity contribution in [1.82, 2.24) is 9.55 Å². The number of halogens is 3. The van der Waals surface area contributed by atoms with Crippen molar-refractivity contribution in [2.45, 2.75) is 45.1 Å². The van der Waals surface area contributed by atoms with Crippen LogP contribution in [0.5, 0.6) is 5.75 Å². The molecule has 3 aromatic rings. The van der Waals surface area contributed by atoms with Crippen molar-refractivity contribution in [1.29, 1.82) is 0 Å². The highest BCUT2D eigenvalue weighted by Crippen LogP contribution is 2.36. The van der Waals surface area contributed by atoms with E-state index in [2.05, 4.69) is 4.98 Å². The van der Waals surface area contributed by atoms with Crippen molar-refractivity contribution in [2.24, 2.45) is 5.92 Å². The van der Waals surface area contributed by atoms with Crippen LogP contribution in [0.3, 0.4) is 0 Å². The highest BCUT2D eigenvalue weighted by atomic mass is 35.5. The van der Waals surface area contributed by atoms with E-state index >= 15 is 0 Å². The average molecular weight is 405 g/mol. The van der Waals surface area contributed by atoms with Gasteiger partial charge in [0.25, 0.3) is 0 Å². The van der Waals surface area contributed by atoms with Crippen LogP contribution in [0.4, 0.5) is 8.78 Å². The molecule has 0 unspecified atom stereocenters. The van der Waals surface area contributed by atoms with Crippen LogP contribution in [0.25, 0.3) is 22.4 Å². The Morgan fingerprint density at radius 1 is 1.14 bits per heavy atom. The van der Waals surface area contributed by atoms with Crippen molar-refractivity contribution < 1.29 is 13.5 Å². The third-order valence-corrected chi connectivity index (χ3v) is 5.94. The van der Waals surface area contributed by atoms with E-state index in [1.54, 1.807) is 25.3 Å². The lowest BCUT2D eigenvalue weighted by Crippen LogP contribution is -2.11. The molecule has 1 aliphatic carbocycles. The maximum Gasteiger partial charge on any atom is 0.186 e. The number of nitrogens with zero attached hydrogens (tertiary/aromatic N) is 2. The van der Waals surface area contributed by atoms with Crippen LogP contribution in [-0.2, 0) is 6.54 Å². The second-order valence-corrected chi connectivity index (χ2v) is 7.89. The second kappa shape index (κ2) is 8.08. The summed E-state index contributed by atoms with van der Waals surface area (Å²) in [4.78, 5) is 4.47. The molecule has 2 aromatic carbocycles. The van der Waals surface area contributed by atoms with Gasteiger partial charge < -0.3 is 9.30 Å².